The summed E-state index contributed by atoms with van der Waals surface area (Å²) in [6.07, 6.45) is 1.59. The first-order chi connectivity index (χ1) is 10.9. The van der Waals surface area contributed by atoms with Gasteiger partial charge in [-0.05, 0) is 36.6 Å². The largest absolute Gasteiger partial charge is 0.493 e. The van der Waals surface area contributed by atoms with Crippen molar-refractivity contribution in [1.29, 1.82) is 0 Å². The van der Waals surface area contributed by atoms with E-state index in [4.69, 9.17) is 13.9 Å². The second kappa shape index (κ2) is 5.26. The highest BCUT2D eigenvalue weighted by Gasteiger charge is 2.38. The number of esters is 1. The number of ether oxygens (including phenoxy) is 2. The van der Waals surface area contributed by atoms with E-state index in [1.54, 1.807) is 12.3 Å². The minimum absolute atomic E-state index is 0.0309. The molecule has 0 bridgehead atoms. The summed E-state index contributed by atoms with van der Waals surface area (Å²) < 4.78 is 16.1. The molecule has 1 atom stereocenters. The van der Waals surface area contributed by atoms with Crippen LogP contribution in [0.4, 0.5) is 0 Å². The lowest BCUT2D eigenvalue weighted by Crippen LogP contribution is -2.21. The minimum Gasteiger partial charge on any atom is -0.493 e. The quantitative estimate of drug-likeness (QED) is 0.626. The molecule has 1 unspecified atom stereocenters. The van der Waals surface area contributed by atoms with Crippen molar-refractivity contribution in [2.75, 3.05) is 7.11 Å². The average Bonchev–Trinajstić information content (AvgIpc) is 2.88. The Hall–Kier alpha value is -2.56. The standard InChI is InChI=1S/C18H18O5/c1-8-6-12(21-5)17(23-11(4)19)15-13(8)10(3)14-9(2)7-22-18(14)16(15)20/h6-7,10H,1-5H3. The molecule has 0 radical (unpaired) electrons. The highest BCUT2D eigenvalue weighted by molar-refractivity contribution is 6.14. The molecule has 0 spiro atoms. The molecular formula is C18H18O5. The number of carbonyl (C=O) groups is 2. The number of fused-ring (bicyclic) bond motifs is 2. The number of furan rings is 1. The molecule has 5 nitrogen and oxygen atoms in total. The molecule has 1 heterocycles. The first-order valence-corrected chi connectivity index (χ1v) is 7.39. The topological polar surface area (TPSA) is 65.7 Å². The molecule has 5 heteroatoms. The van der Waals surface area contributed by atoms with Crippen molar-refractivity contribution in [3.8, 4) is 11.5 Å². The monoisotopic (exact) mass is 314 g/mol. The normalized spacial score (nSPS) is 15.9. The van der Waals surface area contributed by atoms with Crippen molar-refractivity contribution < 1.29 is 23.5 Å². The third-order valence-corrected chi connectivity index (χ3v) is 4.28. The SMILES string of the molecule is COc1cc(C)c2c(c1OC(C)=O)C(=O)c1occ(C)c1C2C. The van der Waals surface area contributed by atoms with Gasteiger partial charge in [0.25, 0.3) is 0 Å². The number of hydrogen-bond acceptors (Lipinski definition) is 5. The molecule has 3 rings (SSSR count). The fourth-order valence-corrected chi connectivity index (χ4v) is 3.39. The number of methoxy groups -OCH3 is 1. The summed E-state index contributed by atoms with van der Waals surface area (Å²) >= 11 is 0. The molecular weight excluding hydrogens is 296 g/mol. The van der Waals surface area contributed by atoms with E-state index in [1.165, 1.54) is 14.0 Å². The second-order valence-electron chi connectivity index (χ2n) is 5.82. The van der Waals surface area contributed by atoms with Gasteiger partial charge in [-0.1, -0.05) is 6.92 Å². The van der Waals surface area contributed by atoms with Crippen molar-refractivity contribution in [3.63, 3.8) is 0 Å². The molecule has 1 aliphatic rings. The number of ketones is 1. The number of benzene rings is 1. The summed E-state index contributed by atoms with van der Waals surface area (Å²) in [4.78, 5) is 24.4. The summed E-state index contributed by atoms with van der Waals surface area (Å²) in [5.74, 6) is 0.0248. The van der Waals surface area contributed by atoms with E-state index in [1.807, 2.05) is 20.8 Å². The molecule has 0 saturated heterocycles. The molecule has 120 valence electrons. The Morgan fingerprint density at radius 3 is 2.52 bits per heavy atom. The van der Waals surface area contributed by atoms with Crippen LogP contribution in [0.1, 0.15) is 58.1 Å². The van der Waals surface area contributed by atoms with E-state index in [9.17, 15) is 9.59 Å². The van der Waals surface area contributed by atoms with Crippen molar-refractivity contribution in [2.45, 2.75) is 33.6 Å². The molecule has 23 heavy (non-hydrogen) atoms. The van der Waals surface area contributed by atoms with Crippen molar-refractivity contribution in [1.82, 2.24) is 0 Å². The van der Waals surface area contributed by atoms with Gasteiger partial charge in [-0.3, -0.25) is 9.59 Å². The maximum absolute atomic E-state index is 12.9. The lowest BCUT2D eigenvalue weighted by molar-refractivity contribution is -0.132. The lowest BCUT2D eigenvalue weighted by Gasteiger charge is -2.26. The first-order valence-electron chi connectivity index (χ1n) is 7.39. The van der Waals surface area contributed by atoms with Crippen LogP contribution in [0.3, 0.4) is 0 Å². The van der Waals surface area contributed by atoms with Gasteiger partial charge in [-0.25, -0.2) is 0 Å². The van der Waals surface area contributed by atoms with Gasteiger partial charge < -0.3 is 13.9 Å². The fraction of sp³-hybridized carbons (Fsp3) is 0.333. The Labute approximate surface area is 134 Å². The van der Waals surface area contributed by atoms with Gasteiger partial charge in [0.15, 0.2) is 17.3 Å². The first kappa shape index (κ1) is 15.3. The van der Waals surface area contributed by atoms with Crippen LogP contribution in [0.15, 0.2) is 16.7 Å². The molecule has 1 aromatic heterocycles. The van der Waals surface area contributed by atoms with E-state index in [0.29, 0.717) is 17.1 Å². The second-order valence-corrected chi connectivity index (χ2v) is 5.82. The summed E-state index contributed by atoms with van der Waals surface area (Å²) in [6, 6.07) is 1.79. The van der Waals surface area contributed by atoms with Gasteiger partial charge >= 0.3 is 5.97 Å². The van der Waals surface area contributed by atoms with Crippen molar-refractivity contribution in [3.05, 3.63) is 45.9 Å². The predicted octanol–water partition coefficient (Wildman–Crippen LogP) is 3.53. The van der Waals surface area contributed by atoms with Crippen LogP contribution < -0.4 is 9.47 Å². The summed E-state index contributed by atoms with van der Waals surface area (Å²) in [5.41, 5.74) is 3.95. The molecule has 2 aromatic rings. The smallest absolute Gasteiger partial charge is 0.308 e. The Morgan fingerprint density at radius 2 is 1.91 bits per heavy atom. The molecule has 0 amide bonds. The summed E-state index contributed by atoms with van der Waals surface area (Å²) in [5, 5.41) is 0. The Morgan fingerprint density at radius 1 is 1.22 bits per heavy atom. The molecule has 1 aliphatic carbocycles. The van der Waals surface area contributed by atoms with Gasteiger partial charge in [-0.15, -0.1) is 0 Å². The Bertz CT molecular complexity index is 828. The van der Waals surface area contributed by atoms with Crippen LogP contribution in [0.5, 0.6) is 11.5 Å². The van der Waals surface area contributed by atoms with Crippen LogP contribution in [-0.4, -0.2) is 18.9 Å². The lowest BCUT2D eigenvalue weighted by atomic mass is 9.78. The minimum atomic E-state index is -0.503. The van der Waals surface area contributed by atoms with Gasteiger partial charge in [0.1, 0.15) is 0 Å². The van der Waals surface area contributed by atoms with Gasteiger partial charge in [-0.2, -0.15) is 0 Å². The molecule has 1 aromatic carbocycles. The number of rotatable bonds is 2. The maximum Gasteiger partial charge on any atom is 0.308 e. The maximum atomic E-state index is 12.9. The zero-order valence-electron chi connectivity index (χ0n) is 13.8. The number of carbonyl (C=O) groups excluding carboxylic acids is 2. The zero-order chi connectivity index (χ0) is 16.9. The summed E-state index contributed by atoms with van der Waals surface area (Å²) in [7, 11) is 1.48. The van der Waals surface area contributed by atoms with E-state index in [-0.39, 0.29) is 17.5 Å². The van der Waals surface area contributed by atoms with Crippen molar-refractivity contribution in [2.24, 2.45) is 0 Å². The number of aryl methyl sites for hydroxylation is 2. The van der Waals surface area contributed by atoms with Gasteiger partial charge in [0.2, 0.25) is 5.78 Å². The fourth-order valence-electron chi connectivity index (χ4n) is 3.39. The highest BCUT2D eigenvalue weighted by Crippen LogP contribution is 2.47. The summed E-state index contributed by atoms with van der Waals surface area (Å²) in [6.45, 7) is 7.15. The van der Waals surface area contributed by atoms with Crippen molar-refractivity contribution >= 4 is 11.8 Å². The Balaban J connectivity index is 2.35. The van der Waals surface area contributed by atoms with E-state index >= 15 is 0 Å². The zero-order valence-corrected chi connectivity index (χ0v) is 13.8. The third kappa shape index (κ3) is 2.15. The Kier molecular flexibility index (Phi) is 3.51. The molecule has 0 saturated carbocycles. The van der Waals surface area contributed by atoms with Crippen LogP contribution in [0.2, 0.25) is 0 Å². The van der Waals surface area contributed by atoms with E-state index in [2.05, 4.69) is 0 Å². The van der Waals surface area contributed by atoms with E-state index < -0.39 is 5.97 Å². The van der Waals surface area contributed by atoms with Crippen LogP contribution in [0, 0.1) is 13.8 Å². The van der Waals surface area contributed by atoms with Crippen LogP contribution >= 0.6 is 0 Å². The molecule has 0 aliphatic heterocycles. The van der Waals surface area contributed by atoms with E-state index in [0.717, 1.165) is 22.3 Å². The number of hydrogen-bond donors (Lipinski definition) is 0. The van der Waals surface area contributed by atoms with Gasteiger partial charge in [0.05, 0.1) is 18.9 Å². The molecule has 0 fully saturated rings. The highest BCUT2D eigenvalue weighted by atomic mass is 16.6. The third-order valence-electron chi connectivity index (χ3n) is 4.28. The van der Waals surface area contributed by atoms with Crippen LogP contribution in [-0.2, 0) is 4.79 Å². The molecule has 0 N–H and O–H groups in total. The predicted molar refractivity (Wildman–Crippen MR) is 83.4 cm³/mol. The average molecular weight is 314 g/mol. The van der Waals surface area contributed by atoms with Gasteiger partial charge in [0, 0.05) is 18.4 Å². The van der Waals surface area contributed by atoms with Crippen LogP contribution in [0.25, 0.3) is 0 Å².